The Bertz CT molecular complexity index is 618. The van der Waals surface area contributed by atoms with Gasteiger partial charge in [0.05, 0.1) is 11.7 Å². The average Bonchev–Trinajstić information content (AvgIpc) is 3.02. The van der Waals surface area contributed by atoms with E-state index < -0.39 is 0 Å². The van der Waals surface area contributed by atoms with Crippen molar-refractivity contribution >= 4 is 11.6 Å². The number of tetrazole rings is 1. The highest BCUT2D eigenvalue weighted by Gasteiger charge is 2.20. The van der Waals surface area contributed by atoms with Gasteiger partial charge in [-0.15, -0.1) is 5.10 Å². The zero-order valence-electron chi connectivity index (χ0n) is 11.9. The predicted octanol–water partition coefficient (Wildman–Crippen LogP) is 1.05. The molecule has 2 heterocycles. The maximum atomic E-state index is 12.2. The Labute approximate surface area is 122 Å². The molecule has 0 saturated carbocycles. The Morgan fingerprint density at radius 2 is 2.33 bits per heavy atom. The van der Waals surface area contributed by atoms with Crippen LogP contribution >= 0.6 is 0 Å². The summed E-state index contributed by atoms with van der Waals surface area (Å²) in [5.74, 6) is 0.0317. The molecule has 1 aliphatic rings. The van der Waals surface area contributed by atoms with Crippen molar-refractivity contribution in [2.75, 3.05) is 11.9 Å². The monoisotopic (exact) mass is 286 g/mol. The fourth-order valence-corrected chi connectivity index (χ4v) is 2.57. The third kappa shape index (κ3) is 3.08. The molecule has 7 nitrogen and oxygen atoms in total. The fraction of sp³-hybridized carbons (Fsp3) is 0.429. The maximum Gasteiger partial charge on any atom is 0.241 e. The molecule has 2 N–H and O–H groups in total. The number of aryl methyl sites for hydroxylation is 1. The second kappa shape index (κ2) is 6.01. The van der Waals surface area contributed by atoms with Gasteiger partial charge in [-0.3, -0.25) is 4.79 Å². The number of benzene rings is 1. The first-order chi connectivity index (χ1) is 10.2. The zero-order valence-corrected chi connectivity index (χ0v) is 11.9. The zero-order chi connectivity index (χ0) is 14.7. The molecule has 7 heteroatoms. The molecule has 0 bridgehead atoms. The summed E-state index contributed by atoms with van der Waals surface area (Å²) < 4.78 is 1.60. The van der Waals surface area contributed by atoms with E-state index in [4.69, 9.17) is 0 Å². The summed E-state index contributed by atoms with van der Waals surface area (Å²) in [5, 5.41) is 17.3. The standard InChI is InChI=1S/C14H18N6O/c1-10-8-11(5-6-13(10)20-9-16-18-19-20)17-14(21)12-4-2-3-7-15-12/h5-6,8-9,12,15H,2-4,7H2,1H3,(H,17,21). The van der Waals surface area contributed by atoms with Crippen molar-refractivity contribution in [2.24, 2.45) is 0 Å². The van der Waals surface area contributed by atoms with Gasteiger partial charge in [0.25, 0.3) is 0 Å². The van der Waals surface area contributed by atoms with Crippen LogP contribution in [-0.4, -0.2) is 38.7 Å². The van der Waals surface area contributed by atoms with E-state index in [0.29, 0.717) is 0 Å². The van der Waals surface area contributed by atoms with Gasteiger partial charge >= 0.3 is 0 Å². The number of carbonyl (C=O) groups is 1. The van der Waals surface area contributed by atoms with Crippen LogP contribution in [0.2, 0.25) is 0 Å². The molecule has 0 radical (unpaired) electrons. The van der Waals surface area contributed by atoms with E-state index in [-0.39, 0.29) is 11.9 Å². The second-order valence-corrected chi connectivity index (χ2v) is 5.25. The number of anilines is 1. The molecule has 1 aliphatic heterocycles. The van der Waals surface area contributed by atoms with E-state index in [1.165, 1.54) is 0 Å². The first-order valence-electron chi connectivity index (χ1n) is 7.12. The van der Waals surface area contributed by atoms with E-state index in [9.17, 15) is 4.79 Å². The normalized spacial score (nSPS) is 18.4. The summed E-state index contributed by atoms with van der Waals surface area (Å²) in [6.45, 7) is 2.88. The minimum absolute atomic E-state index is 0.0317. The van der Waals surface area contributed by atoms with Gasteiger partial charge in [-0.1, -0.05) is 6.42 Å². The largest absolute Gasteiger partial charge is 0.325 e. The summed E-state index contributed by atoms with van der Waals surface area (Å²) in [4.78, 5) is 12.2. The van der Waals surface area contributed by atoms with Crippen LogP contribution in [0.5, 0.6) is 0 Å². The number of aromatic nitrogens is 4. The lowest BCUT2D eigenvalue weighted by Crippen LogP contribution is -2.43. The van der Waals surface area contributed by atoms with Crippen molar-refractivity contribution < 1.29 is 4.79 Å². The number of hydrogen-bond donors (Lipinski definition) is 2. The molecule has 1 saturated heterocycles. The number of hydrogen-bond acceptors (Lipinski definition) is 5. The summed E-state index contributed by atoms with van der Waals surface area (Å²) in [6.07, 6.45) is 4.69. The van der Waals surface area contributed by atoms with Gasteiger partial charge in [-0.25, -0.2) is 4.68 Å². The Morgan fingerprint density at radius 3 is 3.00 bits per heavy atom. The van der Waals surface area contributed by atoms with Crippen LogP contribution in [0.15, 0.2) is 24.5 Å². The highest BCUT2D eigenvalue weighted by Crippen LogP contribution is 2.18. The molecule has 1 fully saturated rings. The average molecular weight is 286 g/mol. The Morgan fingerprint density at radius 1 is 1.43 bits per heavy atom. The van der Waals surface area contributed by atoms with Crippen molar-refractivity contribution in [2.45, 2.75) is 32.2 Å². The first-order valence-corrected chi connectivity index (χ1v) is 7.12. The van der Waals surface area contributed by atoms with Crippen LogP contribution in [0.3, 0.4) is 0 Å². The van der Waals surface area contributed by atoms with E-state index in [1.54, 1.807) is 11.0 Å². The summed E-state index contributed by atoms with van der Waals surface area (Å²) in [5.41, 5.74) is 2.69. The molecule has 1 unspecified atom stereocenters. The quantitative estimate of drug-likeness (QED) is 0.881. The van der Waals surface area contributed by atoms with Crippen molar-refractivity contribution in [1.82, 2.24) is 25.5 Å². The second-order valence-electron chi connectivity index (χ2n) is 5.25. The number of piperidine rings is 1. The van der Waals surface area contributed by atoms with Crippen LogP contribution in [0, 0.1) is 6.92 Å². The maximum absolute atomic E-state index is 12.2. The van der Waals surface area contributed by atoms with Gasteiger partial charge in [0.2, 0.25) is 5.91 Å². The Balaban J connectivity index is 1.72. The third-order valence-electron chi connectivity index (χ3n) is 3.69. The highest BCUT2D eigenvalue weighted by atomic mass is 16.2. The summed E-state index contributed by atoms with van der Waals surface area (Å²) in [7, 11) is 0. The smallest absolute Gasteiger partial charge is 0.241 e. The van der Waals surface area contributed by atoms with Crippen molar-refractivity contribution in [3.63, 3.8) is 0 Å². The number of amides is 1. The lowest BCUT2D eigenvalue weighted by Gasteiger charge is -2.22. The lowest BCUT2D eigenvalue weighted by molar-refractivity contribution is -0.118. The number of nitrogens with zero attached hydrogens (tertiary/aromatic N) is 4. The molecule has 2 aromatic rings. The summed E-state index contributed by atoms with van der Waals surface area (Å²) >= 11 is 0. The van der Waals surface area contributed by atoms with Gasteiger partial charge < -0.3 is 10.6 Å². The van der Waals surface area contributed by atoms with Crippen LogP contribution < -0.4 is 10.6 Å². The molecule has 1 atom stereocenters. The van der Waals surface area contributed by atoms with E-state index >= 15 is 0 Å². The van der Waals surface area contributed by atoms with Crippen LogP contribution in [0.25, 0.3) is 5.69 Å². The van der Waals surface area contributed by atoms with Crippen LogP contribution in [0.1, 0.15) is 24.8 Å². The Kier molecular flexibility index (Phi) is 3.92. The molecule has 1 amide bonds. The van der Waals surface area contributed by atoms with Crippen LogP contribution in [0.4, 0.5) is 5.69 Å². The van der Waals surface area contributed by atoms with Crippen molar-refractivity contribution in [3.8, 4) is 5.69 Å². The molecular formula is C14H18N6O. The topological polar surface area (TPSA) is 84.7 Å². The van der Waals surface area contributed by atoms with E-state index in [0.717, 1.165) is 42.7 Å². The van der Waals surface area contributed by atoms with Crippen molar-refractivity contribution in [3.05, 3.63) is 30.1 Å². The van der Waals surface area contributed by atoms with Crippen molar-refractivity contribution in [1.29, 1.82) is 0 Å². The minimum Gasteiger partial charge on any atom is -0.325 e. The molecule has 1 aromatic heterocycles. The van der Waals surface area contributed by atoms with E-state index in [2.05, 4.69) is 26.2 Å². The molecule has 110 valence electrons. The van der Waals surface area contributed by atoms with Gasteiger partial charge in [0.1, 0.15) is 6.33 Å². The molecule has 21 heavy (non-hydrogen) atoms. The molecule has 3 rings (SSSR count). The lowest BCUT2D eigenvalue weighted by atomic mass is 10.0. The first kappa shape index (κ1) is 13.7. The van der Waals surface area contributed by atoms with Gasteiger partial charge in [0, 0.05) is 5.69 Å². The number of carbonyl (C=O) groups excluding carboxylic acids is 1. The molecule has 1 aromatic carbocycles. The molecular weight excluding hydrogens is 268 g/mol. The molecule has 0 spiro atoms. The SMILES string of the molecule is Cc1cc(NC(=O)C2CCCCN2)ccc1-n1cnnn1. The van der Waals surface area contributed by atoms with E-state index in [1.807, 2.05) is 25.1 Å². The third-order valence-corrected chi connectivity index (χ3v) is 3.69. The Hall–Kier alpha value is -2.28. The van der Waals surface area contributed by atoms with Gasteiger partial charge in [-0.05, 0) is 60.5 Å². The molecule has 0 aliphatic carbocycles. The summed E-state index contributed by atoms with van der Waals surface area (Å²) in [6, 6.07) is 5.61. The van der Waals surface area contributed by atoms with Gasteiger partial charge in [0.15, 0.2) is 0 Å². The number of rotatable bonds is 3. The predicted molar refractivity (Wildman–Crippen MR) is 78.2 cm³/mol. The minimum atomic E-state index is -0.0850. The van der Waals surface area contributed by atoms with Gasteiger partial charge in [-0.2, -0.15) is 0 Å². The fourth-order valence-electron chi connectivity index (χ4n) is 2.57. The van der Waals surface area contributed by atoms with Crippen LogP contribution in [-0.2, 0) is 4.79 Å². The highest BCUT2D eigenvalue weighted by molar-refractivity contribution is 5.95. The number of nitrogens with one attached hydrogen (secondary N) is 2.